The average molecular weight is 434 g/mol. The molecule has 1 fully saturated rings. The van der Waals surface area contributed by atoms with Crippen LogP contribution < -0.4 is 4.74 Å². The summed E-state index contributed by atoms with van der Waals surface area (Å²) in [4.78, 5) is 9.24. The van der Waals surface area contributed by atoms with E-state index in [1.807, 2.05) is 30.6 Å². The Labute approximate surface area is 194 Å². The summed E-state index contributed by atoms with van der Waals surface area (Å²) in [7, 11) is 0. The van der Waals surface area contributed by atoms with Crippen LogP contribution >= 0.6 is 0 Å². The summed E-state index contributed by atoms with van der Waals surface area (Å²) in [6, 6.07) is 8.00. The third kappa shape index (κ3) is 7.33. The number of nitriles is 1. The number of ether oxygens (including phenoxy) is 1. The molecule has 1 saturated carbocycles. The van der Waals surface area contributed by atoms with Crippen molar-refractivity contribution in [2.45, 2.75) is 90.9 Å². The second-order valence-corrected chi connectivity index (χ2v) is 9.33. The van der Waals surface area contributed by atoms with Crippen LogP contribution in [0.1, 0.15) is 95.9 Å². The second-order valence-electron chi connectivity index (χ2n) is 9.33. The quantitative estimate of drug-likeness (QED) is 0.325. The first-order valence-corrected chi connectivity index (χ1v) is 12.7. The predicted octanol–water partition coefficient (Wildman–Crippen LogP) is 7.51. The van der Waals surface area contributed by atoms with Crippen molar-refractivity contribution < 1.29 is 4.74 Å². The number of aromatic nitrogens is 2. The Morgan fingerprint density at radius 1 is 0.906 bits per heavy atom. The largest absolute Gasteiger partial charge is 0.492 e. The van der Waals surface area contributed by atoms with Crippen LogP contribution in [0.25, 0.3) is 11.1 Å². The fourth-order valence-electron chi connectivity index (χ4n) is 4.71. The minimum absolute atomic E-state index is 0.563. The van der Waals surface area contributed by atoms with Crippen LogP contribution in [-0.2, 0) is 6.42 Å². The Morgan fingerprint density at radius 3 is 2.25 bits per heavy atom. The lowest BCUT2D eigenvalue weighted by Crippen LogP contribution is -2.15. The average Bonchev–Trinajstić information content (AvgIpc) is 2.84. The molecule has 2 aromatic rings. The number of hydrogen-bond donors (Lipinski definition) is 0. The molecule has 0 bridgehead atoms. The number of hydrogen-bond acceptors (Lipinski definition) is 4. The summed E-state index contributed by atoms with van der Waals surface area (Å²) in [6.07, 6.45) is 19.1. The molecule has 0 amide bonds. The SMILES string of the molecule is CCCCCC1CCC(CCc2ncc(-c3ccc(OCCCC)c(C#N)c3)cn2)CC1. The van der Waals surface area contributed by atoms with Gasteiger partial charge in [-0.15, -0.1) is 0 Å². The molecule has 0 radical (unpaired) electrons. The highest BCUT2D eigenvalue weighted by Crippen LogP contribution is 2.34. The van der Waals surface area contributed by atoms with Crippen LogP contribution in [0.2, 0.25) is 0 Å². The van der Waals surface area contributed by atoms with E-state index in [-0.39, 0.29) is 0 Å². The van der Waals surface area contributed by atoms with Crippen LogP contribution in [0.3, 0.4) is 0 Å². The lowest BCUT2D eigenvalue weighted by Gasteiger charge is -2.28. The van der Waals surface area contributed by atoms with E-state index in [1.54, 1.807) is 0 Å². The molecule has 0 saturated heterocycles. The van der Waals surface area contributed by atoms with Gasteiger partial charge in [0, 0.05) is 24.4 Å². The minimum Gasteiger partial charge on any atom is -0.492 e. The monoisotopic (exact) mass is 433 g/mol. The van der Waals surface area contributed by atoms with E-state index in [2.05, 4.69) is 29.9 Å². The number of rotatable bonds is 12. The third-order valence-electron chi connectivity index (χ3n) is 6.85. The molecule has 32 heavy (non-hydrogen) atoms. The molecule has 0 aliphatic heterocycles. The van der Waals surface area contributed by atoms with Crippen LogP contribution in [0.4, 0.5) is 0 Å². The van der Waals surface area contributed by atoms with Gasteiger partial charge < -0.3 is 4.74 Å². The highest BCUT2D eigenvalue weighted by Gasteiger charge is 2.21. The number of unbranched alkanes of at least 4 members (excludes halogenated alkanes) is 3. The molecule has 1 aromatic carbocycles. The summed E-state index contributed by atoms with van der Waals surface area (Å²) in [5.74, 6) is 3.38. The molecule has 0 spiro atoms. The second kappa shape index (κ2) is 13.2. The van der Waals surface area contributed by atoms with E-state index < -0.39 is 0 Å². The van der Waals surface area contributed by atoms with Crippen molar-refractivity contribution in [3.8, 4) is 22.9 Å². The van der Waals surface area contributed by atoms with Crippen LogP contribution in [0.15, 0.2) is 30.6 Å². The minimum atomic E-state index is 0.563. The molecule has 1 aromatic heterocycles. The zero-order chi connectivity index (χ0) is 22.6. The topological polar surface area (TPSA) is 58.8 Å². The number of aryl methyl sites for hydroxylation is 1. The van der Waals surface area contributed by atoms with Gasteiger partial charge in [-0.25, -0.2) is 9.97 Å². The molecule has 1 aliphatic rings. The van der Waals surface area contributed by atoms with Gasteiger partial charge in [0.2, 0.25) is 0 Å². The van der Waals surface area contributed by atoms with Gasteiger partial charge in [-0.1, -0.05) is 77.7 Å². The maximum absolute atomic E-state index is 9.49. The molecular weight excluding hydrogens is 394 g/mol. The summed E-state index contributed by atoms with van der Waals surface area (Å²) in [5.41, 5.74) is 2.46. The van der Waals surface area contributed by atoms with E-state index >= 15 is 0 Å². The molecule has 0 atom stereocenters. The predicted molar refractivity (Wildman–Crippen MR) is 130 cm³/mol. The van der Waals surface area contributed by atoms with Crippen LogP contribution in [-0.4, -0.2) is 16.6 Å². The van der Waals surface area contributed by atoms with Gasteiger partial charge in [0.05, 0.1) is 12.2 Å². The van der Waals surface area contributed by atoms with Crippen molar-refractivity contribution in [1.82, 2.24) is 9.97 Å². The van der Waals surface area contributed by atoms with Gasteiger partial charge in [-0.3, -0.25) is 0 Å². The standard InChI is InChI=1S/C28H39N3O/c1-3-5-7-8-22-9-11-23(12-10-22)13-16-28-30-20-26(21-31-28)24-14-15-27(25(18-24)19-29)32-17-6-4-2/h14-15,18,20-23H,3-13,16-17H2,1-2H3. The van der Waals surface area contributed by atoms with Crippen molar-refractivity contribution >= 4 is 0 Å². The fourth-order valence-corrected chi connectivity index (χ4v) is 4.71. The molecule has 4 heteroatoms. The van der Waals surface area contributed by atoms with E-state index in [9.17, 15) is 5.26 Å². The third-order valence-corrected chi connectivity index (χ3v) is 6.85. The summed E-state index contributed by atoms with van der Waals surface area (Å²) in [6.45, 7) is 5.05. The Kier molecular flexibility index (Phi) is 10.0. The Morgan fingerprint density at radius 2 is 1.59 bits per heavy atom. The number of benzene rings is 1. The number of nitrogens with zero attached hydrogens (tertiary/aromatic N) is 3. The van der Waals surface area contributed by atoms with Gasteiger partial charge in [-0.2, -0.15) is 5.26 Å². The maximum atomic E-state index is 9.49. The van der Waals surface area contributed by atoms with Crippen LogP contribution in [0.5, 0.6) is 5.75 Å². The lowest BCUT2D eigenvalue weighted by atomic mass is 9.78. The van der Waals surface area contributed by atoms with Gasteiger partial charge >= 0.3 is 0 Å². The van der Waals surface area contributed by atoms with E-state index in [0.29, 0.717) is 17.9 Å². The highest BCUT2D eigenvalue weighted by molar-refractivity contribution is 5.65. The molecular formula is C28H39N3O. The molecule has 0 unspecified atom stereocenters. The Hall–Kier alpha value is -2.41. The molecule has 3 rings (SSSR count). The highest BCUT2D eigenvalue weighted by atomic mass is 16.5. The first-order valence-electron chi connectivity index (χ1n) is 12.7. The van der Waals surface area contributed by atoms with Crippen molar-refractivity contribution in [3.05, 3.63) is 42.0 Å². The smallest absolute Gasteiger partial charge is 0.137 e. The first-order chi connectivity index (χ1) is 15.7. The van der Waals surface area contributed by atoms with Crippen molar-refractivity contribution in [2.75, 3.05) is 6.61 Å². The van der Waals surface area contributed by atoms with Gasteiger partial charge in [0.25, 0.3) is 0 Å². The molecule has 1 heterocycles. The molecule has 0 N–H and O–H groups in total. The van der Waals surface area contributed by atoms with E-state index in [1.165, 1.54) is 57.8 Å². The first kappa shape index (κ1) is 24.2. The lowest BCUT2D eigenvalue weighted by molar-refractivity contribution is 0.248. The zero-order valence-corrected chi connectivity index (χ0v) is 20.0. The van der Waals surface area contributed by atoms with Crippen LogP contribution in [0, 0.1) is 23.2 Å². The van der Waals surface area contributed by atoms with Gasteiger partial charge in [-0.05, 0) is 42.4 Å². The van der Waals surface area contributed by atoms with Gasteiger partial charge in [0.15, 0.2) is 0 Å². The maximum Gasteiger partial charge on any atom is 0.137 e. The summed E-state index contributed by atoms with van der Waals surface area (Å²) < 4.78 is 5.75. The molecule has 4 nitrogen and oxygen atoms in total. The Bertz CT molecular complexity index is 848. The zero-order valence-electron chi connectivity index (χ0n) is 20.0. The summed E-state index contributed by atoms with van der Waals surface area (Å²) >= 11 is 0. The van der Waals surface area contributed by atoms with Crippen molar-refractivity contribution in [1.29, 1.82) is 5.26 Å². The van der Waals surface area contributed by atoms with E-state index in [4.69, 9.17) is 4.74 Å². The molecule has 1 aliphatic carbocycles. The Balaban J connectivity index is 1.48. The fraction of sp³-hybridized carbons (Fsp3) is 0.607. The van der Waals surface area contributed by atoms with Crippen molar-refractivity contribution in [3.63, 3.8) is 0 Å². The summed E-state index contributed by atoms with van der Waals surface area (Å²) in [5, 5.41) is 9.49. The van der Waals surface area contributed by atoms with Crippen molar-refractivity contribution in [2.24, 2.45) is 11.8 Å². The van der Waals surface area contributed by atoms with E-state index in [0.717, 1.165) is 48.0 Å². The van der Waals surface area contributed by atoms with Gasteiger partial charge in [0.1, 0.15) is 17.6 Å². The normalized spacial score (nSPS) is 18.3. The molecule has 172 valence electrons.